The Balaban J connectivity index is 2.18. The van der Waals surface area contributed by atoms with E-state index in [1.807, 2.05) is 0 Å². The lowest BCUT2D eigenvalue weighted by molar-refractivity contribution is -0.137. The van der Waals surface area contributed by atoms with Crippen molar-refractivity contribution in [3.8, 4) is 0 Å². The molecule has 0 aliphatic rings. The number of hydrogen-bond donors (Lipinski definition) is 1. The van der Waals surface area contributed by atoms with Crippen LogP contribution >= 0.6 is 23.2 Å². The Morgan fingerprint density at radius 1 is 1.22 bits per heavy atom. The van der Waals surface area contributed by atoms with Gasteiger partial charge in [-0.15, -0.1) is 0 Å². The first kappa shape index (κ1) is 19.6. The lowest BCUT2D eigenvalue weighted by Gasteiger charge is -2.11. The number of rotatable bonds is 3. The van der Waals surface area contributed by atoms with Gasteiger partial charge in [-0.25, -0.2) is 4.79 Å². The predicted molar refractivity (Wildman–Crippen MR) is 98.9 cm³/mol. The maximum atomic E-state index is 13.1. The molecular formula is C19H14Cl2F3NO2. The summed E-state index contributed by atoms with van der Waals surface area (Å²) in [5.74, 6) is -1.18. The molecule has 0 saturated heterocycles. The van der Waals surface area contributed by atoms with Crippen LogP contribution in [0.25, 0.3) is 10.9 Å². The zero-order chi connectivity index (χ0) is 20.1. The van der Waals surface area contributed by atoms with Crippen LogP contribution < -0.4 is 0 Å². The van der Waals surface area contributed by atoms with Crippen molar-refractivity contribution >= 4 is 40.1 Å². The molecule has 0 saturated carbocycles. The van der Waals surface area contributed by atoms with Crippen LogP contribution in [-0.2, 0) is 19.6 Å². The van der Waals surface area contributed by atoms with E-state index >= 15 is 0 Å². The van der Waals surface area contributed by atoms with Crippen molar-refractivity contribution in [2.24, 2.45) is 7.05 Å². The Kier molecular flexibility index (Phi) is 4.91. The fraction of sp³-hybridized carbons (Fsp3) is 0.211. The van der Waals surface area contributed by atoms with E-state index in [1.165, 1.54) is 12.1 Å². The fourth-order valence-electron chi connectivity index (χ4n) is 3.25. The summed E-state index contributed by atoms with van der Waals surface area (Å²) < 4.78 is 40.9. The number of aromatic nitrogens is 1. The fourth-order valence-corrected chi connectivity index (χ4v) is 3.83. The number of nitrogens with zero attached hydrogens (tertiary/aromatic N) is 1. The Morgan fingerprint density at radius 3 is 2.48 bits per heavy atom. The van der Waals surface area contributed by atoms with Crippen LogP contribution in [0.5, 0.6) is 0 Å². The van der Waals surface area contributed by atoms with Crippen molar-refractivity contribution in [1.29, 1.82) is 0 Å². The van der Waals surface area contributed by atoms with Gasteiger partial charge in [-0.05, 0) is 47.9 Å². The summed E-state index contributed by atoms with van der Waals surface area (Å²) in [4.78, 5) is 11.3. The second-order valence-electron chi connectivity index (χ2n) is 6.32. The zero-order valence-electron chi connectivity index (χ0n) is 14.3. The average Bonchev–Trinajstić information content (AvgIpc) is 2.87. The van der Waals surface area contributed by atoms with Gasteiger partial charge in [-0.1, -0.05) is 23.2 Å². The maximum absolute atomic E-state index is 13.1. The van der Waals surface area contributed by atoms with Crippen molar-refractivity contribution < 1.29 is 23.1 Å². The Hall–Kier alpha value is -2.18. The quantitative estimate of drug-likeness (QED) is 0.561. The molecule has 3 aromatic rings. The number of carbonyl (C=O) groups is 1. The Morgan fingerprint density at radius 2 is 1.89 bits per heavy atom. The van der Waals surface area contributed by atoms with Crippen molar-refractivity contribution in [1.82, 2.24) is 4.57 Å². The maximum Gasteiger partial charge on any atom is 0.416 e. The topological polar surface area (TPSA) is 42.2 Å². The molecule has 0 fully saturated rings. The molecule has 0 atom stereocenters. The van der Waals surface area contributed by atoms with Gasteiger partial charge in [-0.2, -0.15) is 13.2 Å². The van der Waals surface area contributed by atoms with Crippen molar-refractivity contribution in [2.45, 2.75) is 19.5 Å². The third-order valence-corrected chi connectivity index (χ3v) is 5.26. The molecule has 27 heavy (non-hydrogen) atoms. The van der Waals surface area contributed by atoms with Gasteiger partial charge in [0.2, 0.25) is 0 Å². The highest BCUT2D eigenvalue weighted by Gasteiger charge is 2.31. The van der Waals surface area contributed by atoms with E-state index < -0.39 is 17.7 Å². The van der Waals surface area contributed by atoms with Crippen molar-refractivity contribution in [3.05, 3.63) is 68.3 Å². The van der Waals surface area contributed by atoms with Crippen LogP contribution in [0, 0.1) is 6.92 Å². The first-order valence-electron chi connectivity index (χ1n) is 7.86. The third kappa shape index (κ3) is 3.51. The number of hydrogen-bond acceptors (Lipinski definition) is 1. The van der Waals surface area contributed by atoms with Crippen LogP contribution in [0.3, 0.4) is 0 Å². The van der Waals surface area contributed by atoms with E-state index in [2.05, 4.69) is 0 Å². The van der Waals surface area contributed by atoms with E-state index in [9.17, 15) is 23.1 Å². The summed E-state index contributed by atoms with van der Waals surface area (Å²) >= 11 is 12.4. The minimum Gasteiger partial charge on any atom is -0.478 e. The smallest absolute Gasteiger partial charge is 0.416 e. The second kappa shape index (κ2) is 6.77. The van der Waals surface area contributed by atoms with Crippen LogP contribution in [0.4, 0.5) is 13.2 Å². The predicted octanol–water partition coefficient (Wildman–Crippen LogP) is 6.10. The molecule has 0 spiro atoms. The summed E-state index contributed by atoms with van der Waals surface area (Å²) in [6, 6.07) is 4.97. The lowest BCUT2D eigenvalue weighted by atomic mass is 9.98. The molecule has 1 N–H and O–H groups in total. The van der Waals surface area contributed by atoms with Gasteiger partial charge >= 0.3 is 12.1 Å². The van der Waals surface area contributed by atoms with Crippen LogP contribution in [0.1, 0.15) is 32.6 Å². The molecule has 1 heterocycles. The average molecular weight is 416 g/mol. The molecule has 0 aliphatic carbocycles. The van der Waals surface area contributed by atoms with E-state index in [-0.39, 0.29) is 17.0 Å². The number of fused-ring (bicyclic) bond motifs is 1. The standard InChI is InChI=1S/C19H14Cl2F3NO2/c1-9-5-11(19(22,23)24)7-15-16(9)10(8-25(15)2)6-13-14(20)4-3-12(17(13)21)18(26)27/h3-5,7-8H,6H2,1-2H3,(H,26,27). The molecule has 0 aliphatic heterocycles. The van der Waals surface area contributed by atoms with Crippen molar-refractivity contribution in [2.75, 3.05) is 0 Å². The minimum atomic E-state index is -4.44. The number of benzene rings is 2. The number of aromatic carboxylic acids is 1. The van der Waals surface area contributed by atoms with Crippen LogP contribution in [0.15, 0.2) is 30.5 Å². The number of carboxylic acids is 1. The SMILES string of the molecule is Cc1cc(C(F)(F)F)cc2c1c(Cc1c(Cl)ccc(C(=O)O)c1Cl)cn2C. The normalized spacial score (nSPS) is 12.0. The van der Waals surface area contributed by atoms with Crippen LogP contribution in [0.2, 0.25) is 10.0 Å². The minimum absolute atomic E-state index is 0.0246. The molecule has 2 aromatic carbocycles. The summed E-state index contributed by atoms with van der Waals surface area (Å²) in [6.07, 6.45) is -2.54. The number of halogens is 5. The molecule has 0 radical (unpaired) electrons. The highest BCUT2D eigenvalue weighted by atomic mass is 35.5. The number of aryl methyl sites for hydroxylation is 2. The first-order valence-corrected chi connectivity index (χ1v) is 8.62. The molecule has 0 amide bonds. The second-order valence-corrected chi connectivity index (χ2v) is 7.10. The Labute approximate surface area is 162 Å². The van der Waals surface area contributed by atoms with E-state index in [1.54, 1.807) is 24.7 Å². The van der Waals surface area contributed by atoms with Gasteiger partial charge in [0, 0.05) is 35.6 Å². The van der Waals surface area contributed by atoms with Gasteiger partial charge in [0.15, 0.2) is 0 Å². The zero-order valence-corrected chi connectivity index (χ0v) is 15.8. The van der Waals surface area contributed by atoms with Gasteiger partial charge in [0.05, 0.1) is 16.1 Å². The molecular weight excluding hydrogens is 402 g/mol. The molecule has 0 unspecified atom stereocenters. The van der Waals surface area contributed by atoms with E-state index in [4.69, 9.17) is 23.2 Å². The molecule has 3 rings (SSSR count). The van der Waals surface area contributed by atoms with E-state index in [0.29, 0.717) is 32.6 Å². The first-order chi connectivity index (χ1) is 12.5. The van der Waals surface area contributed by atoms with Crippen molar-refractivity contribution in [3.63, 3.8) is 0 Å². The molecule has 1 aromatic heterocycles. The van der Waals surface area contributed by atoms with Gasteiger partial charge in [0.1, 0.15) is 0 Å². The summed E-state index contributed by atoms with van der Waals surface area (Å²) in [5.41, 5.74) is 1.24. The highest BCUT2D eigenvalue weighted by Crippen LogP contribution is 2.37. The largest absolute Gasteiger partial charge is 0.478 e. The lowest BCUT2D eigenvalue weighted by Crippen LogP contribution is -2.05. The van der Waals surface area contributed by atoms with E-state index in [0.717, 1.165) is 12.1 Å². The monoisotopic (exact) mass is 415 g/mol. The van der Waals surface area contributed by atoms with Gasteiger partial charge in [-0.3, -0.25) is 0 Å². The summed E-state index contributed by atoms with van der Waals surface area (Å²) in [5, 5.41) is 10.2. The highest BCUT2D eigenvalue weighted by molar-refractivity contribution is 6.38. The summed E-state index contributed by atoms with van der Waals surface area (Å²) in [7, 11) is 1.66. The number of alkyl halides is 3. The van der Waals surface area contributed by atoms with Crippen LogP contribution in [-0.4, -0.2) is 15.6 Å². The number of carboxylic acid groups (broad SMARTS) is 1. The summed E-state index contributed by atoms with van der Waals surface area (Å²) in [6.45, 7) is 1.61. The molecule has 8 heteroatoms. The van der Waals surface area contributed by atoms with Gasteiger partial charge < -0.3 is 9.67 Å². The third-order valence-electron chi connectivity index (χ3n) is 4.48. The molecule has 0 bridgehead atoms. The molecule has 3 nitrogen and oxygen atoms in total. The molecule has 142 valence electrons. The Bertz CT molecular complexity index is 1070. The van der Waals surface area contributed by atoms with Gasteiger partial charge in [0.25, 0.3) is 0 Å².